The van der Waals surface area contributed by atoms with Gasteiger partial charge in [0.15, 0.2) is 0 Å². The van der Waals surface area contributed by atoms with Crippen molar-refractivity contribution in [3.8, 4) is 16.2 Å². The predicted octanol–water partition coefficient (Wildman–Crippen LogP) is 3.30. The van der Waals surface area contributed by atoms with Crippen molar-refractivity contribution in [3.63, 3.8) is 0 Å². The Morgan fingerprint density at radius 1 is 1.39 bits per heavy atom. The lowest BCUT2D eigenvalue weighted by atomic mass is 10.2. The summed E-state index contributed by atoms with van der Waals surface area (Å²) in [6, 6.07) is 3.51. The van der Waals surface area contributed by atoms with Gasteiger partial charge in [-0.3, -0.25) is 4.98 Å². The number of nitrogens with zero attached hydrogens (tertiary/aromatic N) is 1. The number of carboxylic acids is 1. The maximum atomic E-state index is 10.8. The molecule has 2 aromatic heterocycles. The molecule has 0 atom stereocenters. The van der Waals surface area contributed by atoms with Gasteiger partial charge >= 0.3 is 5.97 Å². The Balaban J connectivity index is 2.29. The molecule has 2 aromatic rings. The highest BCUT2D eigenvalue weighted by atomic mass is 32.1. The molecule has 94 valence electrons. The Kier molecular flexibility index (Phi) is 3.62. The van der Waals surface area contributed by atoms with E-state index in [-0.39, 0.29) is 6.10 Å². The molecule has 4 nitrogen and oxygen atoms in total. The Labute approximate surface area is 109 Å². The quantitative estimate of drug-likeness (QED) is 0.919. The van der Waals surface area contributed by atoms with Crippen LogP contribution < -0.4 is 4.74 Å². The summed E-state index contributed by atoms with van der Waals surface area (Å²) < 4.78 is 5.56. The molecule has 2 rings (SSSR count). The number of ether oxygens (including phenoxy) is 1. The normalized spacial score (nSPS) is 10.6. The number of hydrogen-bond acceptors (Lipinski definition) is 4. The van der Waals surface area contributed by atoms with Crippen LogP contribution in [-0.4, -0.2) is 22.2 Å². The summed E-state index contributed by atoms with van der Waals surface area (Å²) in [5.74, 6) is -0.229. The van der Waals surface area contributed by atoms with E-state index in [0.29, 0.717) is 11.3 Å². The molecule has 0 spiro atoms. The van der Waals surface area contributed by atoms with E-state index in [0.717, 1.165) is 10.4 Å². The molecule has 0 aromatic carbocycles. The van der Waals surface area contributed by atoms with Crippen molar-refractivity contribution in [1.82, 2.24) is 4.98 Å². The highest BCUT2D eigenvalue weighted by Crippen LogP contribution is 2.29. The Bertz CT molecular complexity index is 563. The summed E-state index contributed by atoms with van der Waals surface area (Å²) in [6.07, 6.45) is 3.43. The van der Waals surface area contributed by atoms with Gasteiger partial charge in [0, 0.05) is 22.0 Å². The van der Waals surface area contributed by atoms with E-state index >= 15 is 0 Å². The fraction of sp³-hybridized carbons (Fsp3) is 0.231. The molecule has 2 heterocycles. The van der Waals surface area contributed by atoms with Crippen molar-refractivity contribution in [2.45, 2.75) is 20.0 Å². The van der Waals surface area contributed by atoms with Crippen LogP contribution in [0.4, 0.5) is 0 Å². The molecule has 0 aliphatic carbocycles. The standard InChI is InChI=1S/C13H13NO3S/c1-8(2)17-11-3-9(5-14-6-11)12-4-10(7-18-12)13(15)16/h3-8H,1-2H3,(H,15,16). The smallest absolute Gasteiger partial charge is 0.336 e. The van der Waals surface area contributed by atoms with Crippen LogP contribution in [0.1, 0.15) is 24.2 Å². The largest absolute Gasteiger partial charge is 0.489 e. The topological polar surface area (TPSA) is 59.4 Å². The van der Waals surface area contributed by atoms with Crippen molar-refractivity contribution in [2.24, 2.45) is 0 Å². The molecule has 1 N–H and O–H groups in total. The van der Waals surface area contributed by atoms with Crippen LogP contribution in [0.5, 0.6) is 5.75 Å². The molecular formula is C13H13NO3S. The van der Waals surface area contributed by atoms with Crippen LogP contribution in [0.3, 0.4) is 0 Å². The summed E-state index contributed by atoms with van der Waals surface area (Å²) in [5, 5.41) is 10.5. The maximum Gasteiger partial charge on any atom is 0.336 e. The van der Waals surface area contributed by atoms with Gasteiger partial charge in [0.1, 0.15) is 5.75 Å². The van der Waals surface area contributed by atoms with Gasteiger partial charge in [0.05, 0.1) is 17.9 Å². The van der Waals surface area contributed by atoms with Gasteiger partial charge < -0.3 is 9.84 Å². The van der Waals surface area contributed by atoms with Crippen molar-refractivity contribution in [3.05, 3.63) is 35.5 Å². The predicted molar refractivity (Wildman–Crippen MR) is 70.3 cm³/mol. The van der Waals surface area contributed by atoms with Crippen molar-refractivity contribution in [2.75, 3.05) is 0 Å². The second kappa shape index (κ2) is 5.18. The van der Waals surface area contributed by atoms with Crippen LogP contribution in [0.25, 0.3) is 10.4 Å². The highest BCUT2D eigenvalue weighted by molar-refractivity contribution is 7.13. The van der Waals surface area contributed by atoms with Gasteiger partial charge in [0.2, 0.25) is 0 Å². The number of aromatic nitrogens is 1. The zero-order valence-corrected chi connectivity index (χ0v) is 10.9. The Morgan fingerprint density at radius 2 is 2.17 bits per heavy atom. The fourth-order valence-electron chi connectivity index (χ4n) is 1.49. The van der Waals surface area contributed by atoms with Gasteiger partial charge in [0.25, 0.3) is 0 Å². The Hall–Kier alpha value is -1.88. The van der Waals surface area contributed by atoms with E-state index in [2.05, 4.69) is 4.98 Å². The molecule has 5 heteroatoms. The van der Waals surface area contributed by atoms with Crippen LogP contribution in [0, 0.1) is 0 Å². The molecule has 0 bridgehead atoms. The zero-order valence-electron chi connectivity index (χ0n) is 10.1. The second-order valence-corrected chi connectivity index (χ2v) is 4.99. The van der Waals surface area contributed by atoms with Gasteiger partial charge in [-0.15, -0.1) is 11.3 Å². The highest BCUT2D eigenvalue weighted by Gasteiger charge is 2.09. The molecule has 0 saturated carbocycles. The van der Waals surface area contributed by atoms with E-state index in [1.807, 2.05) is 19.9 Å². The first-order chi connectivity index (χ1) is 8.56. The molecule has 0 aliphatic heterocycles. The monoisotopic (exact) mass is 263 g/mol. The number of thiophene rings is 1. The van der Waals surface area contributed by atoms with Crippen LogP contribution in [0.15, 0.2) is 29.9 Å². The third kappa shape index (κ3) is 2.87. The molecule has 0 aliphatic rings. The van der Waals surface area contributed by atoms with Crippen molar-refractivity contribution >= 4 is 17.3 Å². The van der Waals surface area contributed by atoms with E-state index in [1.165, 1.54) is 11.3 Å². The SMILES string of the molecule is CC(C)Oc1cncc(-c2cc(C(=O)O)cs2)c1. The van der Waals surface area contributed by atoms with Crippen LogP contribution >= 0.6 is 11.3 Å². The maximum absolute atomic E-state index is 10.8. The molecule has 0 unspecified atom stereocenters. The van der Waals surface area contributed by atoms with E-state index < -0.39 is 5.97 Å². The van der Waals surface area contributed by atoms with E-state index in [1.54, 1.807) is 23.8 Å². The number of pyridine rings is 1. The lowest BCUT2D eigenvalue weighted by Crippen LogP contribution is -2.05. The summed E-state index contributed by atoms with van der Waals surface area (Å²) in [6.45, 7) is 3.89. The summed E-state index contributed by atoms with van der Waals surface area (Å²) >= 11 is 1.38. The first kappa shape index (κ1) is 12.6. The summed E-state index contributed by atoms with van der Waals surface area (Å²) in [5.41, 5.74) is 1.16. The van der Waals surface area contributed by atoms with Crippen LogP contribution in [-0.2, 0) is 0 Å². The molecule has 0 fully saturated rings. The van der Waals surface area contributed by atoms with Gasteiger partial charge in [-0.05, 0) is 26.0 Å². The first-order valence-electron chi connectivity index (χ1n) is 5.50. The van der Waals surface area contributed by atoms with Gasteiger partial charge in [-0.1, -0.05) is 0 Å². The van der Waals surface area contributed by atoms with E-state index in [4.69, 9.17) is 9.84 Å². The number of rotatable bonds is 4. The summed E-state index contributed by atoms with van der Waals surface area (Å²) in [7, 11) is 0. The number of aromatic carboxylic acids is 1. The molecule has 0 radical (unpaired) electrons. The number of carbonyl (C=O) groups is 1. The molecule has 0 saturated heterocycles. The van der Waals surface area contributed by atoms with Crippen molar-refractivity contribution < 1.29 is 14.6 Å². The minimum absolute atomic E-state index is 0.0833. The lowest BCUT2D eigenvalue weighted by Gasteiger charge is -2.09. The fourth-order valence-corrected chi connectivity index (χ4v) is 2.36. The second-order valence-electron chi connectivity index (χ2n) is 4.08. The van der Waals surface area contributed by atoms with Gasteiger partial charge in [-0.25, -0.2) is 4.79 Å². The van der Waals surface area contributed by atoms with Crippen molar-refractivity contribution in [1.29, 1.82) is 0 Å². The number of hydrogen-bond donors (Lipinski definition) is 1. The molecule has 18 heavy (non-hydrogen) atoms. The van der Waals surface area contributed by atoms with Crippen LogP contribution in [0.2, 0.25) is 0 Å². The minimum Gasteiger partial charge on any atom is -0.489 e. The average molecular weight is 263 g/mol. The third-order valence-corrected chi connectivity index (χ3v) is 3.20. The lowest BCUT2D eigenvalue weighted by molar-refractivity contribution is 0.0697. The molecule has 0 amide bonds. The average Bonchev–Trinajstić information content (AvgIpc) is 2.77. The van der Waals surface area contributed by atoms with Gasteiger partial charge in [-0.2, -0.15) is 0 Å². The molecular weight excluding hydrogens is 250 g/mol. The first-order valence-corrected chi connectivity index (χ1v) is 6.38. The Morgan fingerprint density at radius 3 is 2.78 bits per heavy atom. The minimum atomic E-state index is -0.917. The third-order valence-electron chi connectivity index (χ3n) is 2.22. The summed E-state index contributed by atoms with van der Waals surface area (Å²) in [4.78, 5) is 15.8. The number of carboxylic acid groups (broad SMARTS) is 1. The van der Waals surface area contributed by atoms with E-state index in [9.17, 15) is 4.79 Å². The zero-order chi connectivity index (χ0) is 13.1.